The number of hydrogen-bond acceptors (Lipinski definition) is 2. The van der Waals surface area contributed by atoms with E-state index in [4.69, 9.17) is 4.43 Å². The Labute approximate surface area is 126 Å². The Balaban J connectivity index is 2.89. The van der Waals surface area contributed by atoms with E-state index >= 15 is 0 Å². The van der Waals surface area contributed by atoms with Crippen LogP contribution in [0.3, 0.4) is 0 Å². The van der Waals surface area contributed by atoms with Crippen molar-refractivity contribution in [3.05, 3.63) is 0 Å². The van der Waals surface area contributed by atoms with Gasteiger partial charge in [-0.05, 0) is 56.2 Å². The molecule has 118 valence electrons. The summed E-state index contributed by atoms with van der Waals surface area (Å²) in [5.74, 6) is 1.72. The molecule has 1 saturated carbocycles. The zero-order valence-corrected chi connectivity index (χ0v) is 15.7. The summed E-state index contributed by atoms with van der Waals surface area (Å²) < 4.78 is 6.67. The number of hydrogen-bond donors (Lipinski definition) is 0. The van der Waals surface area contributed by atoms with Crippen molar-refractivity contribution in [2.75, 3.05) is 0 Å². The lowest BCUT2D eigenvalue weighted by Gasteiger charge is -2.47. The van der Waals surface area contributed by atoms with Gasteiger partial charge >= 0.3 is 0 Å². The molecule has 3 heteroatoms. The Hall–Kier alpha value is -0.153. The topological polar surface area (TPSA) is 26.3 Å². The molecule has 1 rings (SSSR count). The van der Waals surface area contributed by atoms with Gasteiger partial charge < -0.3 is 4.43 Å². The molecule has 0 amide bonds. The highest BCUT2D eigenvalue weighted by molar-refractivity contribution is 6.74. The molecule has 0 unspecified atom stereocenters. The third kappa shape index (κ3) is 3.73. The van der Waals surface area contributed by atoms with E-state index in [9.17, 15) is 4.79 Å². The van der Waals surface area contributed by atoms with Crippen LogP contribution in [0.15, 0.2) is 0 Å². The van der Waals surface area contributed by atoms with Gasteiger partial charge in [0, 0.05) is 5.92 Å². The lowest BCUT2D eigenvalue weighted by atomic mass is 9.79. The van der Waals surface area contributed by atoms with Crippen molar-refractivity contribution >= 4 is 14.1 Å². The molecule has 0 aromatic carbocycles. The van der Waals surface area contributed by atoms with Crippen molar-refractivity contribution in [1.29, 1.82) is 0 Å². The van der Waals surface area contributed by atoms with E-state index in [1.807, 2.05) is 0 Å². The molecule has 0 aromatic heterocycles. The summed E-state index contributed by atoms with van der Waals surface area (Å²) in [4.78, 5) is 11.9. The smallest absolute Gasteiger partial charge is 0.192 e. The molecule has 0 saturated heterocycles. The summed E-state index contributed by atoms with van der Waals surface area (Å²) in [6.07, 6.45) is 3.37. The Morgan fingerprint density at radius 1 is 1.25 bits per heavy atom. The van der Waals surface area contributed by atoms with Gasteiger partial charge in [-0.15, -0.1) is 0 Å². The zero-order chi connectivity index (χ0) is 15.7. The van der Waals surface area contributed by atoms with Crippen LogP contribution >= 0.6 is 0 Å². The predicted molar refractivity (Wildman–Crippen MR) is 88.4 cm³/mol. The average molecular weight is 299 g/mol. The van der Waals surface area contributed by atoms with Gasteiger partial charge in [-0.3, -0.25) is 4.79 Å². The summed E-state index contributed by atoms with van der Waals surface area (Å²) >= 11 is 0. The molecule has 20 heavy (non-hydrogen) atoms. The highest BCUT2D eigenvalue weighted by Gasteiger charge is 2.46. The largest absolute Gasteiger partial charge is 0.413 e. The molecule has 0 radical (unpaired) electrons. The quantitative estimate of drug-likeness (QED) is 0.665. The van der Waals surface area contributed by atoms with Gasteiger partial charge in [0.1, 0.15) is 5.78 Å². The highest BCUT2D eigenvalue weighted by Crippen LogP contribution is 2.46. The molecule has 0 aromatic rings. The predicted octanol–water partition coefficient (Wildman–Crippen LogP) is 5.04. The van der Waals surface area contributed by atoms with Crippen molar-refractivity contribution in [1.82, 2.24) is 0 Å². The molecule has 0 N–H and O–H groups in total. The van der Waals surface area contributed by atoms with E-state index in [1.165, 1.54) is 6.42 Å². The van der Waals surface area contributed by atoms with E-state index < -0.39 is 8.32 Å². The SMILES string of the molecule is CC(=O)[C@@H]1CC[C@H](C)C[C@@H]1O[Si](C)(C)C(C)(C)C(C)C. The maximum absolute atomic E-state index is 11.9. The van der Waals surface area contributed by atoms with Gasteiger partial charge in [0.2, 0.25) is 0 Å². The minimum Gasteiger partial charge on any atom is -0.413 e. The first-order chi connectivity index (χ1) is 8.99. The average Bonchev–Trinajstić information content (AvgIpc) is 2.27. The summed E-state index contributed by atoms with van der Waals surface area (Å²) in [5, 5.41) is 0.217. The maximum atomic E-state index is 11.9. The number of carbonyl (C=O) groups is 1. The fourth-order valence-electron chi connectivity index (χ4n) is 3.15. The van der Waals surface area contributed by atoms with Crippen LogP contribution in [0.2, 0.25) is 18.1 Å². The fraction of sp³-hybridized carbons (Fsp3) is 0.941. The summed E-state index contributed by atoms with van der Waals surface area (Å²) in [6.45, 7) is 17.9. The first-order valence-electron chi connectivity index (χ1n) is 8.17. The van der Waals surface area contributed by atoms with Crippen LogP contribution in [0.5, 0.6) is 0 Å². The standard InChI is InChI=1S/C17H34O2Si/c1-12(2)17(5,6)20(7,8)19-16-11-13(3)9-10-15(16)14(4)18/h12-13,15-16H,9-11H2,1-8H3/t13-,15-,16-/m0/s1. The molecule has 1 fully saturated rings. The number of carbonyl (C=O) groups excluding carboxylic acids is 1. The lowest BCUT2D eigenvalue weighted by molar-refractivity contribution is -0.125. The number of Topliss-reactive ketones (excluding diaryl/α,β-unsaturated/α-hetero) is 1. The van der Waals surface area contributed by atoms with Crippen molar-refractivity contribution < 1.29 is 9.22 Å². The first kappa shape index (κ1) is 17.9. The highest BCUT2D eigenvalue weighted by atomic mass is 28.4. The second kappa shape index (κ2) is 6.31. The Kier molecular flexibility index (Phi) is 5.65. The van der Waals surface area contributed by atoms with Crippen LogP contribution in [0, 0.1) is 17.8 Å². The van der Waals surface area contributed by atoms with Gasteiger partial charge in [-0.2, -0.15) is 0 Å². The van der Waals surface area contributed by atoms with Crippen molar-refractivity contribution in [3.63, 3.8) is 0 Å². The Morgan fingerprint density at radius 3 is 2.25 bits per heavy atom. The van der Waals surface area contributed by atoms with Gasteiger partial charge in [0.25, 0.3) is 0 Å². The Morgan fingerprint density at radius 2 is 1.80 bits per heavy atom. The summed E-state index contributed by atoms with van der Waals surface area (Å²) in [7, 11) is -1.85. The molecular formula is C17H34O2Si. The minimum atomic E-state index is -1.85. The molecular weight excluding hydrogens is 264 g/mol. The molecule has 3 atom stereocenters. The van der Waals surface area contributed by atoms with E-state index in [0.717, 1.165) is 12.8 Å². The van der Waals surface area contributed by atoms with Crippen LogP contribution in [0.4, 0.5) is 0 Å². The lowest BCUT2D eigenvalue weighted by Crippen LogP contribution is -2.50. The Bertz CT molecular complexity index is 347. The van der Waals surface area contributed by atoms with Crippen molar-refractivity contribution in [2.24, 2.45) is 17.8 Å². The first-order valence-corrected chi connectivity index (χ1v) is 11.1. The van der Waals surface area contributed by atoms with Crippen molar-refractivity contribution in [3.8, 4) is 0 Å². The van der Waals surface area contributed by atoms with E-state index in [2.05, 4.69) is 47.7 Å². The fourth-order valence-corrected chi connectivity index (χ4v) is 5.86. The number of rotatable bonds is 5. The maximum Gasteiger partial charge on any atom is 0.192 e. The van der Waals surface area contributed by atoms with Crippen LogP contribution in [-0.2, 0) is 9.22 Å². The molecule has 2 nitrogen and oxygen atoms in total. The van der Waals surface area contributed by atoms with E-state index in [-0.39, 0.29) is 17.1 Å². The van der Waals surface area contributed by atoms with E-state index in [0.29, 0.717) is 17.6 Å². The van der Waals surface area contributed by atoms with Gasteiger partial charge in [-0.1, -0.05) is 34.6 Å². The summed E-state index contributed by atoms with van der Waals surface area (Å²) in [6, 6.07) is 0. The van der Waals surface area contributed by atoms with Crippen LogP contribution < -0.4 is 0 Å². The molecule has 1 aliphatic carbocycles. The number of ketones is 1. The van der Waals surface area contributed by atoms with Crippen LogP contribution in [0.1, 0.15) is 60.8 Å². The third-order valence-electron chi connectivity index (χ3n) is 6.02. The zero-order valence-electron chi connectivity index (χ0n) is 14.7. The monoisotopic (exact) mass is 298 g/mol. The minimum absolute atomic E-state index is 0.126. The summed E-state index contributed by atoms with van der Waals surface area (Å²) in [5.41, 5.74) is 0. The van der Waals surface area contributed by atoms with E-state index in [1.54, 1.807) is 6.92 Å². The van der Waals surface area contributed by atoms with Crippen molar-refractivity contribution in [2.45, 2.75) is 85.0 Å². The third-order valence-corrected chi connectivity index (χ3v) is 10.6. The van der Waals surface area contributed by atoms with Gasteiger partial charge in [0.15, 0.2) is 8.32 Å². The normalized spacial score (nSPS) is 28.8. The van der Waals surface area contributed by atoms with Gasteiger partial charge in [0.05, 0.1) is 6.10 Å². The molecule has 0 bridgehead atoms. The molecule has 1 aliphatic rings. The van der Waals surface area contributed by atoms with Crippen LogP contribution in [-0.4, -0.2) is 20.2 Å². The van der Waals surface area contributed by atoms with Crippen LogP contribution in [0.25, 0.3) is 0 Å². The second-order valence-electron chi connectivity index (χ2n) is 8.18. The molecule has 0 heterocycles. The molecule has 0 spiro atoms. The van der Waals surface area contributed by atoms with Gasteiger partial charge in [-0.25, -0.2) is 0 Å². The second-order valence-corrected chi connectivity index (χ2v) is 12.7. The molecule has 0 aliphatic heterocycles.